The lowest BCUT2D eigenvalue weighted by molar-refractivity contribution is 0.578. The molecule has 3 nitrogen and oxygen atoms in total. The quantitative estimate of drug-likeness (QED) is 0.845. The first kappa shape index (κ1) is 12.2. The van der Waals surface area contributed by atoms with Gasteiger partial charge in [0.1, 0.15) is 0 Å². The fraction of sp³-hybridized carbons (Fsp3) is 0.455. The minimum absolute atomic E-state index is 0.0319. The summed E-state index contributed by atoms with van der Waals surface area (Å²) in [5.74, 6) is 0.132. The van der Waals surface area contributed by atoms with Crippen LogP contribution in [-0.4, -0.2) is 27.3 Å². The molecule has 0 radical (unpaired) electrons. The van der Waals surface area contributed by atoms with Crippen molar-refractivity contribution in [3.63, 3.8) is 0 Å². The van der Waals surface area contributed by atoms with Crippen molar-refractivity contribution in [2.45, 2.75) is 24.8 Å². The molecule has 1 rings (SSSR count). The molecule has 0 aliphatic heterocycles. The molecule has 0 heterocycles. The Morgan fingerprint density at radius 3 is 2.60 bits per heavy atom. The second-order valence-electron chi connectivity index (χ2n) is 3.79. The SMILES string of the molecule is CNC(C)CS(=O)(=O)c1cccc(C)c1. The second-order valence-corrected chi connectivity index (χ2v) is 5.82. The minimum atomic E-state index is -3.16. The number of hydrogen-bond acceptors (Lipinski definition) is 3. The maximum absolute atomic E-state index is 11.9. The van der Waals surface area contributed by atoms with Gasteiger partial charge in [-0.15, -0.1) is 0 Å². The molecule has 1 N–H and O–H groups in total. The second kappa shape index (κ2) is 4.77. The molecule has 0 spiro atoms. The molecular formula is C11H17NO2S. The average Bonchev–Trinajstić information content (AvgIpc) is 2.17. The zero-order chi connectivity index (χ0) is 11.5. The van der Waals surface area contributed by atoms with Crippen LogP contribution >= 0.6 is 0 Å². The van der Waals surface area contributed by atoms with E-state index in [1.807, 2.05) is 19.9 Å². The van der Waals surface area contributed by atoms with E-state index in [1.54, 1.807) is 25.2 Å². The number of rotatable bonds is 4. The van der Waals surface area contributed by atoms with Gasteiger partial charge in [-0.3, -0.25) is 0 Å². The molecule has 1 aromatic carbocycles. The van der Waals surface area contributed by atoms with Gasteiger partial charge in [0.25, 0.3) is 0 Å². The standard InChI is InChI=1S/C11H17NO2S/c1-9-5-4-6-11(7-9)15(13,14)8-10(2)12-3/h4-7,10,12H,8H2,1-3H3. The molecule has 0 aliphatic carbocycles. The first-order valence-corrected chi connectivity index (χ1v) is 6.57. The van der Waals surface area contributed by atoms with Gasteiger partial charge in [0.2, 0.25) is 0 Å². The zero-order valence-electron chi connectivity index (χ0n) is 9.32. The Hall–Kier alpha value is -0.870. The lowest BCUT2D eigenvalue weighted by atomic mass is 10.2. The molecule has 1 unspecified atom stereocenters. The predicted octanol–water partition coefficient (Wildman–Crippen LogP) is 1.38. The van der Waals surface area contributed by atoms with Crippen molar-refractivity contribution in [2.24, 2.45) is 0 Å². The van der Waals surface area contributed by atoms with E-state index in [-0.39, 0.29) is 11.8 Å². The van der Waals surface area contributed by atoms with Gasteiger partial charge < -0.3 is 5.32 Å². The number of benzene rings is 1. The summed E-state index contributed by atoms with van der Waals surface area (Å²) in [6, 6.07) is 6.98. The first-order chi connectivity index (χ1) is 6.95. The van der Waals surface area contributed by atoms with Gasteiger partial charge in [-0.05, 0) is 38.6 Å². The third-order valence-corrected chi connectivity index (χ3v) is 4.22. The van der Waals surface area contributed by atoms with E-state index in [0.29, 0.717) is 4.90 Å². The van der Waals surface area contributed by atoms with Crippen LogP contribution in [0.1, 0.15) is 12.5 Å². The predicted molar refractivity (Wildman–Crippen MR) is 61.8 cm³/mol. The third kappa shape index (κ3) is 3.32. The highest BCUT2D eigenvalue weighted by atomic mass is 32.2. The maximum Gasteiger partial charge on any atom is 0.179 e. The van der Waals surface area contributed by atoms with Crippen molar-refractivity contribution in [3.8, 4) is 0 Å². The Morgan fingerprint density at radius 2 is 2.07 bits per heavy atom. The molecule has 0 aliphatic rings. The summed E-state index contributed by atoms with van der Waals surface area (Å²) in [5, 5.41) is 2.93. The molecule has 4 heteroatoms. The van der Waals surface area contributed by atoms with Gasteiger partial charge in [0.05, 0.1) is 10.6 Å². The summed E-state index contributed by atoms with van der Waals surface area (Å²) < 4.78 is 23.8. The van der Waals surface area contributed by atoms with Crippen molar-refractivity contribution >= 4 is 9.84 Å². The number of aryl methyl sites for hydroxylation is 1. The van der Waals surface area contributed by atoms with Crippen LogP contribution in [0.25, 0.3) is 0 Å². The van der Waals surface area contributed by atoms with E-state index >= 15 is 0 Å². The van der Waals surface area contributed by atoms with E-state index in [2.05, 4.69) is 5.32 Å². The van der Waals surface area contributed by atoms with E-state index in [9.17, 15) is 8.42 Å². The maximum atomic E-state index is 11.9. The minimum Gasteiger partial charge on any atom is -0.316 e. The number of sulfone groups is 1. The van der Waals surface area contributed by atoms with E-state index < -0.39 is 9.84 Å². The normalized spacial score (nSPS) is 13.8. The first-order valence-electron chi connectivity index (χ1n) is 4.92. The van der Waals surface area contributed by atoms with Crippen LogP contribution in [-0.2, 0) is 9.84 Å². The van der Waals surface area contributed by atoms with Crippen molar-refractivity contribution < 1.29 is 8.42 Å². The van der Waals surface area contributed by atoms with Crippen LogP contribution in [0.2, 0.25) is 0 Å². The van der Waals surface area contributed by atoms with Crippen LogP contribution in [0.15, 0.2) is 29.2 Å². The number of nitrogens with one attached hydrogen (secondary N) is 1. The van der Waals surface area contributed by atoms with Crippen molar-refractivity contribution in [3.05, 3.63) is 29.8 Å². The number of hydrogen-bond donors (Lipinski definition) is 1. The molecular weight excluding hydrogens is 210 g/mol. The van der Waals surface area contributed by atoms with Gasteiger partial charge in [-0.1, -0.05) is 12.1 Å². The molecule has 0 amide bonds. The molecule has 0 saturated heterocycles. The highest BCUT2D eigenvalue weighted by molar-refractivity contribution is 7.91. The van der Waals surface area contributed by atoms with E-state index in [1.165, 1.54) is 0 Å². The van der Waals surface area contributed by atoms with Crippen LogP contribution in [0, 0.1) is 6.92 Å². The summed E-state index contributed by atoms with van der Waals surface area (Å²) in [6.45, 7) is 3.74. The topological polar surface area (TPSA) is 46.2 Å². The molecule has 84 valence electrons. The molecule has 1 atom stereocenters. The highest BCUT2D eigenvalue weighted by Crippen LogP contribution is 2.13. The molecule has 0 aromatic heterocycles. The summed E-state index contributed by atoms with van der Waals surface area (Å²) in [5.41, 5.74) is 0.966. The summed E-state index contributed by atoms with van der Waals surface area (Å²) in [7, 11) is -1.40. The van der Waals surface area contributed by atoms with Crippen LogP contribution in [0.5, 0.6) is 0 Å². The van der Waals surface area contributed by atoms with Gasteiger partial charge >= 0.3 is 0 Å². The molecule has 0 bridgehead atoms. The summed E-state index contributed by atoms with van der Waals surface area (Å²) >= 11 is 0. The Morgan fingerprint density at radius 1 is 1.40 bits per heavy atom. The van der Waals surface area contributed by atoms with Crippen molar-refractivity contribution in [1.29, 1.82) is 0 Å². The fourth-order valence-electron chi connectivity index (χ4n) is 1.32. The molecule has 0 saturated carbocycles. The Balaban J connectivity index is 2.96. The van der Waals surface area contributed by atoms with Crippen LogP contribution in [0.4, 0.5) is 0 Å². The molecule has 1 aromatic rings. The average molecular weight is 227 g/mol. The van der Waals surface area contributed by atoms with Gasteiger partial charge in [0, 0.05) is 6.04 Å². The zero-order valence-corrected chi connectivity index (χ0v) is 10.1. The third-order valence-electron chi connectivity index (χ3n) is 2.31. The van der Waals surface area contributed by atoms with Crippen molar-refractivity contribution in [2.75, 3.05) is 12.8 Å². The van der Waals surface area contributed by atoms with Crippen LogP contribution in [0.3, 0.4) is 0 Å². The molecule has 15 heavy (non-hydrogen) atoms. The fourth-order valence-corrected chi connectivity index (χ4v) is 2.99. The van der Waals surface area contributed by atoms with Gasteiger partial charge in [-0.2, -0.15) is 0 Å². The lowest BCUT2D eigenvalue weighted by Gasteiger charge is -2.11. The largest absolute Gasteiger partial charge is 0.316 e. The highest BCUT2D eigenvalue weighted by Gasteiger charge is 2.17. The van der Waals surface area contributed by atoms with Crippen molar-refractivity contribution in [1.82, 2.24) is 5.32 Å². The van der Waals surface area contributed by atoms with Gasteiger partial charge in [0.15, 0.2) is 9.84 Å². The van der Waals surface area contributed by atoms with Gasteiger partial charge in [-0.25, -0.2) is 8.42 Å². The monoisotopic (exact) mass is 227 g/mol. The smallest absolute Gasteiger partial charge is 0.179 e. The summed E-state index contributed by atoms with van der Waals surface area (Å²) in [4.78, 5) is 0.407. The molecule has 0 fully saturated rings. The Kier molecular flexibility index (Phi) is 3.88. The Labute approximate surface area is 91.4 Å². The van der Waals surface area contributed by atoms with Crippen LogP contribution < -0.4 is 5.32 Å². The van der Waals surface area contributed by atoms with E-state index in [4.69, 9.17) is 0 Å². The van der Waals surface area contributed by atoms with E-state index in [0.717, 1.165) is 5.56 Å². The Bertz CT molecular complexity index is 426. The summed E-state index contributed by atoms with van der Waals surface area (Å²) in [6.07, 6.45) is 0. The lowest BCUT2D eigenvalue weighted by Crippen LogP contribution is -2.29.